The minimum absolute atomic E-state index is 0.766. The van der Waals surface area contributed by atoms with Gasteiger partial charge in [-0.15, -0.1) is 0 Å². The first-order valence-electron chi connectivity index (χ1n) is 7.02. The van der Waals surface area contributed by atoms with Crippen molar-refractivity contribution in [1.82, 2.24) is 9.97 Å². The molecule has 0 fully saturated rings. The monoisotopic (exact) mass is 337 g/mol. The summed E-state index contributed by atoms with van der Waals surface area (Å²) in [5, 5.41) is 3.38. The zero-order valence-electron chi connectivity index (χ0n) is 12.2. The van der Waals surface area contributed by atoms with Crippen LogP contribution in [0, 0.1) is 6.92 Å². The molecule has 1 N–H and O–H groups in total. The molecular formula is C15H20BrN3O. The van der Waals surface area contributed by atoms with Crippen molar-refractivity contribution in [2.75, 3.05) is 11.9 Å². The quantitative estimate of drug-likeness (QED) is 0.837. The van der Waals surface area contributed by atoms with Gasteiger partial charge in [-0.1, -0.05) is 13.8 Å². The van der Waals surface area contributed by atoms with Gasteiger partial charge >= 0.3 is 0 Å². The van der Waals surface area contributed by atoms with E-state index in [4.69, 9.17) is 4.42 Å². The van der Waals surface area contributed by atoms with Crippen LogP contribution in [0.5, 0.6) is 0 Å². The number of halogens is 1. The Morgan fingerprint density at radius 1 is 1.25 bits per heavy atom. The molecule has 0 aliphatic carbocycles. The summed E-state index contributed by atoms with van der Waals surface area (Å²) in [7, 11) is 0. The third-order valence-electron chi connectivity index (χ3n) is 3.04. The first kappa shape index (κ1) is 15.0. The first-order chi connectivity index (χ1) is 9.67. The van der Waals surface area contributed by atoms with E-state index in [1.807, 2.05) is 13.0 Å². The number of rotatable bonds is 6. The fourth-order valence-electron chi connectivity index (χ4n) is 2.00. The van der Waals surface area contributed by atoms with Crippen LogP contribution < -0.4 is 5.32 Å². The second-order valence-corrected chi connectivity index (χ2v) is 5.59. The number of furan rings is 1. The largest absolute Gasteiger partial charge is 0.461 e. The molecule has 0 atom stereocenters. The van der Waals surface area contributed by atoms with Gasteiger partial charge in [0.2, 0.25) is 0 Å². The van der Waals surface area contributed by atoms with Crippen molar-refractivity contribution in [3.63, 3.8) is 0 Å². The van der Waals surface area contributed by atoms with Crippen LogP contribution in [0.4, 0.5) is 5.82 Å². The molecule has 0 radical (unpaired) electrons. The Hall–Kier alpha value is -1.36. The molecule has 0 bridgehead atoms. The Balaban J connectivity index is 2.48. The van der Waals surface area contributed by atoms with Crippen molar-refractivity contribution in [3.8, 4) is 11.5 Å². The van der Waals surface area contributed by atoms with Crippen LogP contribution >= 0.6 is 15.9 Å². The highest BCUT2D eigenvalue weighted by Gasteiger charge is 2.16. The molecule has 20 heavy (non-hydrogen) atoms. The number of hydrogen-bond acceptors (Lipinski definition) is 4. The minimum Gasteiger partial charge on any atom is -0.461 e. The Bertz CT molecular complexity index is 580. The van der Waals surface area contributed by atoms with Gasteiger partial charge in [0.25, 0.3) is 0 Å². The third kappa shape index (κ3) is 3.20. The smallest absolute Gasteiger partial charge is 0.166 e. The molecule has 0 saturated carbocycles. The predicted molar refractivity (Wildman–Crippen MR) is 84.9 cm³/mol. The zero-order valence-corrected chi connectivity index (χ0v) is 13.7. The molecule has 4 nitrogen and oxygen atoms in total. The predicted octanol–water partition coefficient (Wildman–Crippen LogP) is 4.58. The Morgan fingerprint density at radius 2 is 2.05 bits per heavy atom. The first-order valence-corrected chi connectivity index (χ1v) is 7.81. The molecule has 0 aliphatic heterocycles. The molecule has 0 amide bonds. The summed E-state index contributed by atoms with van der Waals surface area (Å²) in [6.07, 6.45) is 4.62. The second-order valence-electron chi connectivity index (χ2n) is 4.74. The molecule has 2 rings (SSSR count). The maximum absolute atomic E-state index is 5.56. The summed E-state index contributed by atoms with van der Waals surface area (Å²) in [5.74, 6) is 2.53. The number of anilines is 1. The average molecular weight is 338 g/mol. The van der Waals surface area contributed by atoms with E-state index in [9.17, 15) is 0 Å². The fraction of sp³-hybridized carbons (Fsp3) is 0.467. The highest BCUT2D eigenvalue weighted by atomic mass is 79.9. The van der Waals surface area contributed by atoms with Crippen molar-refractivity contribution < 1.29 is 4.42 Å². The number of nitrogens with one attached hydrogen (secondary N) is 1. The van der Waals surface area contributed by atoms with Gasteiger partial charge in [-0.05, 0) is 41.8 Å². The summed E-state index contributed by atoms with van der Waals surface area (Å²) in [6, 6.07) is 1.88. The van der Waals surface area contributed by atoms with E-state index >= 15 is 0 Å². The maximum Gasteiger partial charge on any atom is 0.166 e. The van der Waals surface area contributed by atoms with E-state index in [0.29, 0.717) is 0 Å². The second kappa shape index (κ2) is 6.88. The lowest BCUT2D eigenvalue weighted by molar-refractivity contribution is 0.577. The molecule has 5 heteroatoms. The van der Waals surface area contributed by atoms with Crippen LogP contribution in [-0.2, 0) is 6.42 Å². The van der Waals surface area contributed by atoms with Gasteiger partial charge in [0.15, 0.2) is 5.76 Å². The average Bonchev–Trinajstić information content (AvgIpc) is 2.85. The molecule has 0 aromatic carbocycles. The van der Waals surface area contributed by atoms with Crippen molar-refractivity contribution in [1.29, 1.82) is 0 Å². The number of aromatic nitrogens is 2. The van der Waals surface area contributed by atoms with E-state index in [2.05, 4.69) is 45.1 Å². The summed E-state index contributed by atoms with van der Waals surface area (Å²) >= 11 is 3.50. The Morgan fingerprint density at radius 3 is 2.65 bits per heavy atom. The molecule has 2 aromatic heterocycles. The Kier molecular flexibility index (Phi) is 5.17. The summed E-state index contributed by atoms with van der Waals surface area (Å²) in [6.45, 7) is 7.20. The summed E-state index contributed by atoms with van der Waals surface area (Å²) < 4.78 is 6.48. The van der Waals surface area contributed by atoms with Crippen molar-refractivity contribution in [2.24, 2.45) is 0 Å². The van der Waals surface area contributed by atoms with Gasteiger partial charge in [0.1, 0.15) is 17.3 Å². The van der Waals surface area contributed by atoms with E-state index < -0.39 is 0 Å². The lowest BCUT2D eigenvalue weighted by Crippen LogP contribution is -2.09. The molecule has 2 heterocycles. The Labute approximate surface area is 128 Å². The van der Waals surface area contributed by atoms with Crippen molar-refractivity contribution >= 4 is 21.7 Å². The summed E-state index contributed by atoms with van der Waals surface area (Å²) in [4.78, 5) is 9.28. The van der Waals surface area contributed by atoms with Gasteiger partial charge in [0.05, 0.1) is 10.7 Å². The molecule has 0 spiro atoms. The van der Waals surface area contributed by atoms with Crippen LogP contribution in [0.3, 0.4) is 0 Å². The van der Waals surface area contributed by atoms with E-state index in [0.717, 1.165) is 58.9 Å². The van der Waals surface area contributed by atoms with Gasteiger partial charge in [-0.2, -0.15) is 0 Å². The lowest BCUT2D eigenvalue weighted by atomic mass is 10.1. The number of aryl methyl sites for hydroxylation is 1. The molecular weight excluding hydrogens is 318 g/mol. The maximum atomic E-state index is 5.56. The molecule has 0 aliphatic rings. The van der Waals surface area contributed by atoms with E-state index in [-0.39, 0.29) is 0 Å². The van der Waals surface area contributed by atoms with Crippen LogP contribution in [-0.4, -0.2) is 16.5 Å². The fourth-order valence-corrected chi connectivity index (χ4v) is 2.39. The molecule has 2 aromatic rings. The lowest BCUT2D eigenvalue weighted by Gasteiger charge is -2.12. The van der Waals surface area contributed by atoms with Gasteiger partial charge < -0.3 is 9.73 Å². The number of nitrogens with zero attached hydrogens (tertiary/aromatic N) is 2. The van der Waals surface area contributed by atoms with Crippen LogP contribution in [0.2, 0.25) is 0 Å². The third-order valence-corrected chi connectivity index (χ3v) is 3.66. The SMILES string of the molecule is CCCNc1nc(CCC)nc(-c2occc2Br)c1C. The van der Waals surface area contributed by atoms with Crippen molar-refractivity contribution in [3.05, 3.63) is 28.2 Å². The zero-order chi connectivity index (χ0) is 14.5. The molecule has 0 saturated heterocycles. The van der Waals surface area contributed by atoms with Crippen LogP contribution in [0.25, 0.3) is 11.5 Å². The normalized spacial score (nSPS) is 10.8. The summed E-state index contributed by atoms with van der Waals surface area (Å²) in [5.41, 5.74) is 1.88. The van der Waals surface area contributed by atoms with E-state index in [1.54, 1.807) is 6.26 Å². The standard InChI is InChI=1S/C15H20BrN3O/c1-4-6-12-18-13(14-11(16)7-9-20-14)10(3)15(19-12)17-8-5-2/h7,9H,4-6,8H2,1-3H3,(H,17,18,19). The van der Waals surface area contributed by atoms with Crippen LogP contribution in [0.1, 0.15) is 38.1 Å². The highest BCUT2D eigenvalue weighted by Crippen LogP contribution is 2.32. The van der Waals surface area contributed by atoms with Gasteiger partial charge in [-0.3, -0.25) is 0 Å². The molecule has 108 valence electrons. The number of hydrogen-bond donors (Lipinski definition) is 1. The van der Waals surface area contributed by atoms with Gasteiger partial charge in [0, 0.05) is 18.5 Å². The van der Waals surface area contributed by atoms with Gasteiger partial charge in [-0.25, -0.2) is 9.97 Å². The van der Waals surface area contributed by atoms with Crippen molar-refractivity contribution in [2.45, 2.75) is 40.0 Å². The molecule has 0 unspecified atom stereocenters. The highest BCUT2D eigenvalue weighted by molar-refractivity contribution is 9.10. The topological polar surface area (TPSA) is 51.0 Å². The van der Waals surface area contributed by atoms with Crippen LogP contribution in [0.15, 0.2) is 21.2 Å². The minimum atomic E-state index is 0.766. The van der Waals surface area contributed by atoms with E-state index in [1.165, 1.54) is 0 Å².